The number of rotatable bonds is 6. The van der Waals surface area contributed by atoms with Crippen LogP contribution in [0.2, 0.25) is 0 Å². The summed E-state index contributed by atoms with van der Waals surface area (Å²) in [6.07, 6.45) is 0.668. The highest BCUT2D eigenvalue weighted by Crippen LogP contribution is 2.30. The second-order valence-corrected chi connectivity index (χ2v) is 8.11. The van der Waals surface area contributed by atoms with Crippen molar-refractivity contribution in [3.63, 3.8) is 0 Å². The first-order valence-corrected chi connectivity index (χ1v) is 11.1. The maximum absolute atomic E-state index is 12.8. The fourth-order valence-corrected chi connectivity index (χ4v) is 3.79. The molecule has 0 aliphatic heterocycles. The molecule has 0 aliphatic rings. The summed E-state index contributed by atoms with van der Waals surface area (Å²) in [6.45, 7) is 0.373. The van der Waals surface area contributed by atoms with E-state index in [9.17, 15) is 18.0 Å². The molecule has 0 atom stereocenters. The van der Waals surface area contributed by atoms with Crippen LogP contribution in [0.3, 0.4) is 0 Å². The van der Waals surface area contributed by atoms with Crippen LogP contribution in [0.15, 0.2) is 97.6 Å². The Morgan fingerprint density at radius 3 is 2.50 bits per heavy atom. The van der Waals surface area contributed by atoms with Gasteiger partial charge in [0.25, 0.3) is 5.91 Å². The number of halogens is 3. The summed E-state index contributed by atoms with van der Waals surface area (Å²) in [6, 6.07) is 21.3. The Balaban J connectivity index is 1.33. The van der Waals surface area contributed by atoms with E-state index in [1.54, 1.807) is 30.9 Å². The highest BCUT2D eigenvalue weighted by Gasteiger charge is 2.29. The van der Waals surface area contributed by atoms with Crippen LogP contribution >= 0.6 is 0 Å². The number of aromatic nitrogens is 3. The van der Waals surface area contributed by atoms with Crippen LogP contribution in [-0.2, 0) is 12.7 Å². The Bertz CT molecular complexity index is 1510. The minimum Gasteiger partial charge on any atom is -0.355 e. The van der Waals surface area contributed by atoms with Crippen LogP contribution in [0, 0.1) is 0 Å². The molecule has 9 heteroatoms. The molecule has 1 amide bonds. The third kappa shape index (κ3) is 5.05. The quantitative estimate of drug-likeness (QED) is 0.303. The number of pyridine rings is 1. The van der Waals surface area contributed by atoms with Crippen molar-refractivity contribution in [3.05, 3.63) is 114 Å². The first-order valence-electron chi connectivity index (χ1n) is 11.1. The zero-order chi connectivity index (χ0) is 25.1. The molecule has 0 saturated carbocycles. The first kappa shape index (κ1) is 23.1. The number of hydrogen-bond acceptors (Lipinski definition) is 4. The van der Waals surface area contributed by atoms with Gasteiger partial charge in [0.05, 0.1) is 16.6 Å². The van der Waals surface area contributed by atoms with Gasteiger partial charge in [-0.2, -0.15) is 13.2 Å². The van der Waals surface area contributed by atoms with Crippen LogP contribution in [-0.4, -0.2) is 20.4 Å². The van der Waals surface area contributed by atoms with E-state index in [0.717, 1.165) is 28.9 Å². The molecule has 5 rings (SSSR count). The van der Waals surface area contributed by atoms with Gasteiger partial charge in [-0.1, -0.05) is 12.1 Å². The van der Waals surface area contributed by atoms with Crippen molar-refractivity contribution in [3.8, 4) is 5.69 Å². The maximum atomic E-state index is 12.8. The molecule has 0 bridgehead atoms. The zero-order valence-corrected chi connectivity index (χ0v) is 18.8. The number of hydrogen-bond donors (Lipinski definition) is 2. The number of nitrogens with one attached hydrogen (secondary N) is 2. The van der Waals surface area contributed by atoms with Crippen LogP contribution in [0.1, 0.15) is 21.5 Å². The van der Waals surface area contributed by atoms with Gasteiger partial charge in [-0.15, -0.1) is 0 Å². The second-order valence-electron chi connectivity index (χ2n) is 8.11. The normalized spacial score (nSPS) is 11.4. The molecule has 0 unspecified atom stereocenters. The highest BCUT2D eigenvalue weighted by molar-refractivity contribution is 5.97. The molecule has 0 saturated heterocycles. The van der Waals surface area contributed by atoms with Gasteiger partial charge in [0.2, 0.25) is 0 Å². The number of amides is 1. The van der Waals surface area contributed by atoms with Gasteiger partial charge >= 0.3 is 6.18 Å². The minimum atomic E-state index is -4.37. The van der Waals surface area contributed by atoms with Gasteiger partial charge in [0.1, 0.15) is 6.33 Å². The van der Waals surface area contributed by atoms with Crippen molar-refractivity contribution in [2.24, 2.45) is 0 Å². The molecular formula is C27H20F3N5O. The number of carbonyl (C=O) groups excluding carboxylic acids is 1. The number of nitrogens with zero attached hydrogens (tertiary/aromatic N) is 3. The van der Waals surface area contributed by atoms with E-state index in [1.165, 1.54) is 12.1 Å². The third-order valence-corrected chi connectivity index (χ3v) is 5.61. The molecule has 0 fully saturated rings. The molecule has 6 nitrogen and oxygen atoms in total. The van der Waals surface area contributed by atoms with Gasteiger partial charge < -0.3 is 10.6 Å². The van der Waals surface area contributed by atoms with E-state index in [-0.39, 0.29) is 5.91 Å². The van der Waals surface area contributed by atoms with Crippen LogP contribution in [0.5, 0.6) is 0 Å². The van der Waals surface area contributed by atoms with Gasteiger partial charge in [-0.3, -0.25) is 14.3 Å². The summed E-state index contributed by atoms with van der Waals surface area (Å²) in [5, 5.41) is 6.00. The molecule has 36 heavy (non-hydrogen) atoms. The summed E-state index contributed by atoms with van der Waals surface area (Å²) in [7, 11) is 0. The molecule has 0 spiro atoms. The molecule has 5 aromatic rings. The summed E-state index contributed by atoms with van der Waals surface area (Å²) in [5.41, 5.74) is 4.23. The van der Waals surface area contributed by atoms with Crippen molar-refractivity contribution in [2.75, 3.05) is 5.32 Å². The molecule has 3 aromatic carbocycles. The fraction of sp³-hybridized carbons (Fsp3) is 0.0741. The van der Waals surface area contributed by atoms with E-state index in [1.807, 2.05) is 47.0 Å². The number of carbonyl (C=O) groups is 1. The average molecular weight is 487 g/mol. The lowest BCUT2D eigenvalue weighted by Crippen LogP contribution is -2.22. The van der Waals surface area contributed by atoms with Crippen molar-refractivity contribution in [2.45, 2.75) is 12.7 Å². The monoisotopic (exact) mass is 487 g/mol. The number of imidazole rings is 1. The molecule has 180 valence electrons. The van der Waals surface area contributed by atoms with Crippen molar-refractivity contribution >= 4 is 28.3 Å². The molecule has 2 heterocycles. The van der Waals surface area contributed by atoms with Crippen molar-refractivity contribution in [1.29, 1.82) is 0 Å². The number of alkyl halides is 3. The van der Waals surface area contributed by atoms with E-state index in [0.29, 0.717) is 29.0 Å². The number of fused-ring (bicyclic) bond motifs is 1. The lowest BCUT2D eigenvalue weighted by molar-refractivity contribution is -0.137. The fourth-order valence-electron chi connectivity index (χ4n) is 3.79. The molecule has 0 aliphatic carbocycles. The zero-order valence-electron chi connectivity index (χ0n) is 18.8. The molecular weight excluding hydrogens is 467 g/mol. The van der Waals surface area contributed by atoms with Crippen LogP contribution < -0.4 is 10.6 Å². The van der Waals surface area contributed by atoms with Crippen LogP contribution in [0.4, 0.5) is 24.5 Å². The van der Waals surface area contributed by atoms with Gasteiger partial charge in [-0.25, -0.2) is 4.98 Å². The lowest BCUT2D eigenvalue weighted by atomic mass is 10.1. The van der Waals surface area contributed by atoms with Gasteiger partial charge in [0, 0.05) is 41.6 Å². The third-order valence-electron chi connectivity index (χ3n) is 5.61. The predicted octanol–water partition coefficient (Wildman–Crippen LogP) is 6.11. The standard InChI is InChI=1S/C27H20F3N5O/c28-27(29,30)20-7-9-21(10-8-20)34-22-4-1-5-23(14-22)35-17-33-24-13-19(6-11-25(24)35)26(36)32-16-18-3-2-12-31-15-18/h1-15,17,34H,16H2,(H,32,36). The van der Waals surface area contributed by atoms with Gasteiger partial charge in [-0.05, 0) is 72.3 Å². The number of benzene rings is 3. The Labute approximate surface area is 204 Å². The first-order chi connectivity index (χ1) is 17.4. The SMILES string of the molecule is O=C(NCc1cccnc1)c1ccc2c(c1)ncn2-c1cccc(Nc2ccc(C(F)(F)F)cc2)c1. The van der Waals surface area contributed by atoms with Gasteiger partial charge in [0.15, 0.2) is 0 Å². The predicted molar refractivity (Wildman–Crippen MR) is 131 cm³/mol. The highest BCUT2D eigenvalue weighted by atomic mass is 19.4. The van der Waals surface area contributed by atoms with E-state index >= 15 is 0 Å². The Morgan fingerprint density at radius 2 is 1.75 bits per heavy atom. The summed E-state index contributed by atoms with van der Waals surface area (Å²) in [5.74, 6) is -0.210. The summed E-state index contributed by atoms with van der Waals surface area (Å²) < 4.78 is 40.3. The summed E-state index contributed by atoms with van der Waals surface area (Å²) >= 11 is 0. The smallest absolute Gasteiger partial charge is 0.355 e. The van der Waals surface area contributed by atoms with Crippen molar-refractivity contribution < 1.29 is 18.0 Å². The second kappa shape index (κ2) is 9.53. The van der Waals surface area contributed by atoms with Crippen molar-refractivity contribution in [1.82, 2.24) is 19.9 Å². The Hall–Kier alpha value is -4.66. The molecule has 2 N–H and O–H groups in total. The average Bonchev–Trinajstić information content (AvgIpc) is 3.31. The topological polar surface area (TPSA) is 71.8 Å². The maximum Gasteiger partial charge on any atom is 0.416 e. The molecule has 2 aromatic heterocycles. The largest absolute Gasteiger partial charge is 0.416 e. The van der Waals surface area contributed by atoms with E-state index in [2.05, 4.69) is 20.6 Å². The van der Waals surface area contributed by atoms with Crippen LogP contribution in [0.25, 0.3) is 16.7 Å². The minimum absolute atomic E-state index is 0.210. The lowest BCUT2D eigenvalue weighted by Gasteiger charge is -2.11. The Kier molecular flexibility index (Phi) is 6.12. The van der Waals surface area contributed by atoms with E-state index in [4.69, 9.17) is 0 Å². The molecule has 0 radical (unpaired) electrons. The summed E-state index contributed by atoms with van der Waals surface area (Å²) in [4.78, 5) is 21.1. The Morgan fingerprint density at radius 1 is 0.917 bits per heavy atom. The van der Waals surface area contributed by atoms with E-state index < -0.39 is 11.7 Å². The number of anilines is 2.